The normalized spacial score (nSPS) is 13.8. The Bertz CT molecular complexity index is 884. The van der Waals surface area contributed by atoms with Crippen molar-refractivity contribution in [3.63, 3.8) is 0 Å². The second-order valence-corrected chi connectivity index (χ2v) is 7.51. The van der Waals surface area contributed by atoms with Crippen molar-refractivity contribution in [3.05, 3.63) is 58.4 Å². The quantitative estimate of drug-likeness (QED) is 0.677. The maximum atomic E-state index is 12.3. The summed E-state index contributed by atoms with van der Waals surface area (Å²) in [5.74, 6) is -0.0136. The van der Waals surface area contributed by atoms with Crippen LogP contribution in [0.4, 0.5) is 0 Å². The number of aromatic amines is 1. The van der Waals surface area contributed by atoms with Gasteiger partial charge in [-0.1, -0.05) is 36.8 Å². The van der Waals surface area contributed by atoms with Gasteiger partial charge in [0.2, 0.25) is 5.91 Å². The van der Waals surface area contributed by atoms with E-state index in [9.17, 15) is 4.79 Å². The van der Waals surface area contributed by atoms with Crippen LogP contribution >= 0.6 is 11.3 Å². The molecule has 0 spiro atoms. The van der Waals surface area contributed by atoms with E-state index in [0.717, 1.165) is 34.8 Å². The van der Waals surface area contributed by atoms with Gasteiger partial charge < -0.3 is 5.32 Å². The van der Waals surface area contributed by atoms with Gasteiger partial charge in [-0.05, 0) is 31.2 Å². The fraction of sp³-hybridized carbons (Fsp3) is 0.350. The van der Waals surface area contributed by atoms with Gasteiger partial charge in [-0.3, -0.25) is 9.89 Å². The first-order chi connectivity index (χ1) is 12.8. The van der Waals surface area contributed by atoms with Crippen LogP contribution in [-0.4, -0.2) is 21.1 Å². The number of aryl methyl sites for hydroxylation is 1. The number of hydrogen-bond donors (Lipinski definition) is 2. The molecule has 0 saturated heterocycles. The maximum Gasteiger partial charge on any atom is 0.226 e. The summed E-state index contributed by atoms with van der Waals surface area (Å²) in [6.07, 6.45) is 6.11. The molecule has 1 aliphatic carbocycles. The molecule has 4 rings (SSSR count). The minimum atomic E-state index is -0.0136. The van der Waals surface area contributed by atoms with Crippen LogP contribution in [0.15, 0.2) is 35.7 Å². The molecule has 1 aromatic carbocycles. The highest BCUT2D eigenvalue weighted by atomic mass is 32.1. The monoisotopic (exact) mass is 366 g/mol. The highest BCUT2D eigenvalue weighted by Crippen LogP contribution is 2.24. The first-order valence-electron chi connectivity index (χ1n) is 9.11. The highest BCUT2D eigenvalue weighted by Gasteiger charge is 2.16. The summed E-state index contributed by atoms with van der Waals surface area (Å²) in [5, 5.41) is 13.5. The van der Waals surface area contributed by atoms with E-state index in [1.54, 1.807) is 11.3 Å². The van der Waals surface area contributed by atoms with Crippen molar-refractivity contribution in [1.82, 2.24) is 20.5 Å². The third kappa shape index (κ3) is 3.85. The fourth-order valence-corrected chi connectivity index (χ4v) is 4.21. The maximum absolute atomic E-state index is 12.3. The lowest BCUT2D eigenvalue weighted by atomic mass is 10.1. The number of fused-ring (bicyclic) bond motifs is 1. The van der Waals surface area contributed by atoms with E-state index in [1.807, 2.05) is 35.7 Å². The Balaban J connectivity index is 1.35. The number of amides is 1. The topological polar surface area (TPSA) is 70.7 Å². The molecule has 0 saturated carbocycles. The van der Waals surface area contributed by atoms with Crippen LogP contribution in [0.2, 0.25) is 0 Å². The summed E-state index contributed by atoms with van der Waals surface area (Å²) in [6, 6.07) is 10.0. The summed E-state index contributed by atoms with van der Waals surface area (Å²) >= 11 is 1.57. The Labute approximate surface area is 156 Å². The number of carbonyl (C=O) groups excluding carboxylic acids is 1. The third-order valence-electron chi connectivity index (χ3n) is 4.76. The second kappa shape index (κ2) is 7.83. The summed E-state index contributed by atoms with van der Waals surface area (Å²) < 4.78 is 0. The minimum absolute atomic E-state index is 0.0136. The number of rotatable bonds is 5. The van der Waals surface area contributed by atoms with Crippen molar-refractivity contribution in [2.75, 3.05) is 0 Å². The lowest BCUT2D eigenvalue weighted by molar-refractivity contribution is -0.120. The molecule has 26 heavy (non-hydrogen) atoms. The average molecular weight is 366 g/mol. The molecule has 3 aromatic rings. The van der Waals surface area contributed by atoms with Gasteiger partial charge in [0, 0.05) is 16.6 Å². The zero-order valence-corrected chi connectivity index (χ0v) is 15.4. The lowest BCUT2D eigenvalue weighted by Gasteiger charge is -2.04. The van der Waals surface area contributed by atoms with E-state index in [0.29, 0.717) is 13.0 Å². The highest BCUT2D eigenvalue weighted by molar-refractivity contribution is 7.13. The first kappa shape index (κ1) is 17.0. The molecule has 0 atom stereocenters. The van der Waals surface area contributed by atoms with Crippen molar-refractivity contribution in [2.45, 2.75) is 45.1 Å². The van der Waals surface area contributed by atoms with Crippen LogP contribution in [0.3, 0.4) is 0 Å². The van der Waals surface area contributed by atoms with E-state index in [4.69, 9.17) is 0 Å². The number of aromatic nitrogens is 3. The van der Waals surface area contributed by atoms with Crippen LogP contribution in [-0.2, 0) is 30.6 Å². The third-order valence-corrected chi connectivity index (χ3v) is 5.70. The number of hydrogen-bond acceptors (Lipinski definition) is 4. The number of H-pyrrole nitrogens is 1. The molecule has 2 aromatic heterocycles. The molecule has 5 nitrogen and oxygen atoms in total. The molecule has 1 aliphatic rings. The van der Waals surface area contributed by atoms with E-state index in [2.05, 4.69) is 20.5 Å². The van der Waals surface area contributed by atoms with E-state index in [-0.39, 0.29) is 5.91 Å². The molecule has 0 radical (unpaired) electrons. The number of carbonyl (C=O) groups is 1. The van der Waals surface area contributed by atoms with Crippen molar-refractivity contribution in [2.24, 2.45) is 0 Å². The van der Waals surface area contributed by atoms with Gasteiger partial charge in [-0.15, -0.1) is 11.3 Å². The van der Waals surface area contributed by atoms with Crippen molar-refractivity contribution >= 4 is 17.2 Å². The molecular weight excluding hydrogens is 344 g/mol. The van der Waals surface area contributed by atoms with Crippen molar-refractivity contribution in [3.8, 4) is 10.6 Å². The van der Waals surface area contributed by atoms with Gasteiger partial charge in [0.1, 0.15) is 5.01 Å². The Morgan fingerprint density at radius 3 is 2.88 bits per heavy atom. The predicted octanol–water partition coefficient (Wildman–Crippen LogP) is 3.66. The molecule has 1 amide bonds. The van der Waals surface area contributed by atoms with Crippen LogP contribution in [0.1, 0.15) is 41.9 Å². The van der Waals surface area contributed by atoms with Crippen LogP contribution in [0.5, 0.6) is 0 Å². The van der Waals surface area contributed by atoms with Gasteiger partial charge in [-0.2, -0.15) is 5.10 Å². The van der Waals surface area contributed by atoms with Gasteiger partial charge in [0.25, 0.3) is 0 Å². The van der Waals surface area contributed by atoms with Gasteiger partial charge >= 0.3 is 0 Å². The zero-order valence-electron chi connectivity index (χ0n) is 14.6. The Morgan fingerprint density at radius 2 is 2.00 bits per heavy atom. The van der Waals surface area contributed by atoms with Crippen molar-refractivity contribution in [1.29, 1.82) is 0 Å². The Hall–Kier alpha value is -2.47. The smallest absolute Gasteiger partial charge is 0.226 e. The molecule has 2 N–H and O–H groups in total. The largest absolute Gasteiger partial charge is 0.350 e. The Morgan fingerprint density at radius 1 is 1.15 bits per heavy atom. The van der Waals surface area contributed by atoms with E-state index < -0.39 is 0 Å². The SMILES string of the molecule is O=C(Cc1csc(-c2ccccc2)n1)NCc1n[nH]c2c1CCCCC2. The summed E-state index contributed by atoms with van der Waals surface area (Å²) in [5.41, 5.74) is 5.44. The van der Waals surface area contributed by atoms with Gasteiger partial charge in [0.05, 0.1) is 24.4 Å². The summed E-state index contributed by atoms with van der Waals surface area (Å²) in [6.45, 7) is 0.486. The molecule has 0 bridgehead atoms. The molecule has 0 unspecified atom stereocenters. The standard InChI is InChI=1S/C20H22N4OS/c25-19(11-15-13-26-20(22-15)14-7-3-1-4-8-14)21-12-18-16-9-5-2-6-10-17(16)23-24-18/h1,3-4,7-8,13H,2,5-6,9-12H2,(H,21,25)(H,23,24). The number of nitrogens with one attached hydrogen (secondary N) is 2. The Kier molecular flexibility index (Phi) is 5.11. The molecule has 6 heteroatoms. The van der Waals surface area contributed by atoms with E-state index >= 15 is 0 Å². The number of nitrogens with zero attached hydrogens (tertiary/aromatic N) is 2. The fourth-order valence-electron chi connectivity index (χ4n) is 3.38. The number of benzene rings is 1. The summed E-state index contributed by atoms with van der Waals surface area (Å²) in [4.78, 5) is 16.9. The zero-order chi connectivity index (χ0) is 17.8. The molecule has 0 fully saturated rings. The van der Waals surface area contributed by atoms with Crippen LogP contribution < -0.4 is 5.32 Å². The number of thiazole rings is 1. The molecule has 0 aliphatic heterocycles. The lowest BCUT2D eigenvalue weighted by Crippen LogP contribution is -2.25. The molecule has 2 heterocycles. The molecule has 134 valence electrons. The van der Waals surface area contributed by atoms with Gasteiger partial charge in [-0.25, -0.2) is 4.98 Å². The average Bonchev–Trinajstić information content (AvgIpc) is 3.21. The molecular formula is C20H22N4OS. The van der Waals surface area contributed by atoms with Crippen molar-refractivity contribution < 1.29 is 4.79 Å². The van der Waals surface area contributed by atoms with Crippen LogP contribution in [0, 0.1) is 0 Å². The minimum Gasteiger partial charge on any atom is -0.350 e. The summed E-state index contributed by atoms with van der Waals surface area (Å²) in [7, 11) is 0. The van der Waals surface area contributed by atoms with Gasteiger partial charge in [0.15, 0.2) is 0 Å². The second-order valence-electron chi connectivity index (χ2n) is 6.65. The first-order valence-corrected chi connectivity index (χ1v) is 9.99. The predicted molar refractivity (Wildman–Crippen MR) is 103 cm³/mol. The van der Waals surface area contributed by atoms with Crippen LogP contribution in [0.25, 0.3) is 10.6 Å². The van der Waals surface area contributed by atoms with E-state index in [1.165, 1.54) is 30.5 Å².